The highest BCUT2D eigenvalue weighted by molar-refractivity contribution is 14.1. The Bertz CT molecular complexity index is 1170. The molecule has 0 radical (unpaired) electrons. The number of halogens is 2. The molecule has 0 aromatic heterocycles. The number of ether oxygens (including phenoxy) is 2. The Morgan fingerprint density at radius 1 is 1.10 bits per heavy atom. The van der Waals surface area contributed by atoms with E-state index in [0.29, 0.717) is 12.5 Å². The molecular weight excluding hydrogens is 557 g/mol. The lowest BCUT2D eigenvalue weighted by Gasteiger charge is -2.07. The molecule has 0 amide bonds. The van der Waals surface area contributed by atoms with E-state index in [9.17, 15) is 4.79 Å². The number of nitrogens with zero attached hydrogens (tertiary/aromatic N) is 1. The van der Waals surface area contributed by atoms with Crippen LogP contribution in [0.3, 0.4) is 0 Å². The summed E-state index contributed by atoms with van der Waals surface area (Å²) in [6, 6.07) is 21.4. The average Bonchev–Trinajstić information content (AvgIpc) is 3.10. The molecule has 3 aromatic rings. The summed E-state index contributed by atoms with van der Waals surface area (Å²) in [5.74, 6) is 0.639. The summed E-state index contributed by atoms with van der Waals surface area (Å²) in [6.45, 7) is 2.49. The van der Waals surface area contributed by atoms with Gasteiger partial charge in [-0.15, -0.1) is 0 Å². The number of hydrogen-bond acceptors (Lipinski definition) is 4. The molecule has 30 heavy (non-hydrogen) atoms. The molecule has 0 bridgehead atoms. The van der Waals surface area contributed by atoms with Gasteiger partial charge in [0.15, 0.2) is 5.70 Å². The van der Waals surface area contributed by atoms with Gasteiger partial charge in [0.1, 0.15) is 12.4 Å². The smallest absolute Gasteiger partial charge is 0.363 e. The molecule has 0 N–H and O–H groups in total. The van der Waals surface area contributed by atoms with Gasteiger partial charge >= 0.3 is 5.97 Å². The van der Waals surface area contributed by atoms with Crippen molar-refractivity contribution in [2.45, 2.75) is 13.5 Å². The van der Waals surface area contributed by atoms with Crippen molar-refractivity contribution < 1.29 is 14.3 Å². The molecule has 0 fully saturated rings. The van der Waals surface area contributed by atoms with Crippen LogP contribution in [0.25, 0.3) is 6.08 Å². The first-order chi connectivity index (χ1) is 14.5. The third-order valence-electron chi connectivity index (χ3n) is 4.50. The summed E-state index contributed by atoms with van der Waals surface area (Å²) in [5, 5.41) is 0. The van der Waals surface area contributed by atoms with E-state index in [-0.39, 0.29) is 5.70 Å². The van der Waals surface area contributed by atoms with E-state index in [2.05, 4.69) is 43.5 Å². The maximum atomic E-state index is 12.2. The van der Waals surface area contributed by atoms with E-state index in [4.69, 9.17) is 9.47 Å². The molecule has 0 aliphatic carbocycles. The van der Waals surface area contributed by atoms with Gasteiger partial charge in [0.2, 0.25) is 5.90 Å². The quantitative estimate of drug-likeness (QED) is 0.205. The molecule has 0 spiro atoms. The molecule has 4 nitrogen and oxygen atoms in total. The molecule has 1 heterocycles. The molecule has 150 valence electrons. The molecule has 0 saturated heterocycles. The number of aliphatic imine (C=N–C) groups is 1. The normalized spacial score (nSPS) is 14.6. The fraction of sp³-hybridized carbons (Fsp3) is 0.0833. The summed E-state index contributed by atoms with van der Waals surface area (Å²) >= 11 is 5.73. The van der Waals surface area contributed by atoms with Crippen LogP contribution >= 0.6 is 38.5 Å². The number of carbonyl (C=O) groups excluding carboxylic acids is 1. The standard InChI is InChI=1S/C24H17BrINO3/c1-15-11-18(7-10-21(15)26)23-27-22(24(28)30-23)13-16-5-8-20(9-6-16)29-14-17-3-2-4-19(25)12-17/h2-13H,14H2,1H3/b22-13-. The van der Waals surface area contributed by atoms with Crippen molar-refractivity contribution in [1.82, 2.24) is 0 Å². The van der Waals surface area contributed by atoms with Crippen molar-refractivity contribution in [1.29, 1.82) is 0 Å². The van der Waals surface area contributed by atoms with Crippen molar-refractivity contribution in [3.63, 3.8) is 0 Å². The van der Waals surface area contributed by atoms with Crippen LogP contribution in [0, 0.1) is 10.5 Å². The zero-order valence-corrected chi connectivity index (χ0v) is 19.8. The Kier molecular flexibility index (Phi) is 6.34. The number of aryl methyl sites for hydroxylation is 1. The highest BCUT2D eigenvalue weighted by atomic mass is 127. The van der Waals surface area contributed by atoms with E-state index < -0.39 is 5.97 Å². The van der Waals surface area contributed by atoms with Crippen LogP contribution in [0.4, 0.5) is 0 Å². The van der Waals surface area contributed by atoms with Gasteiger partial charge in [-0.1, -0.05) is 40.2 Å². The SMILES string of the molecule is Cc1cc(C2=N/C(=C\c3ccc(OCc4cccc(Br)c4)cc3)C(=O)O2)ccc1I. The Morgan fingerprint density at radius 3 is 2.63 bits per heavy atom. The first-order valence-corrected chi connectivity index (χ1v) is 11.1. The number of carbonyl (C=O) groups is 1. The fourth-order valence-corrected chi connectivity index (χ4v) is 3.70. The fourth-order valence-electron chi connectivity index (χ4n) is 2.92. The summed E-state index contributed by atoms with van der Waals surface area (Å²) < 4.78 is 13.4. The van der Waals surface area contributed by atoms with Gasteiger partial charge in [0.25, 0.3) is 0 Å². The van der Waals surface area contributed by atoms with Gasteiger partial charge in [0, 0.05) is 13.6 Å². The van der Waals surface area contributed by atoms with E-state index in [1.807, 2.05) is 73.7 Å². The van der Waals surface area contributed by atoms with Crippen LogP contribution in [-0.2, 0) is 16.1 Å². The summed E-state index contributed by atoms with van der Waals surface area (Å²) in [4.78, 5) is 16.6. The second kappa shape index (κ2) is 9.14. The molecular formula is C24H17BrINO3. The molecule has 1 aliphatic rings. The molecule has 0 atom stereocenters. The Morgan fingerprint density at radius 2 is 1.90 bits per heavy atom. The van der Waals surface area contributed by atoms with E-state index >= 15 is 0 Å². The minimum atomic E-state index is -0.448. The van der Waals surface area contributed by atoms with Gasteiger partial charge < -0.3 is 9.47 Å². The highest BCUT2D eigenvalue weighted by Gasteiger charge is 2.24. The summed E-state index contributed by atoms with van der Waals surface area (Å²) in [5.41, 5.74) is 4.12. The van der Waals surface area contributed by atoms with Gasteiger partial charge in [-0.2, -0.15) is 0 Å². The van der Waals surface area contributed by atoms with E-state index in [0.717, 1.165) is 36.0 Å². The lowest BCUT2D eigenvalue weighted by molar-refractivity contribution is -0.129. The van der Waals surface area contributed by atoms with Gasteiger partial charge in [0.05, 0.1) is 0 Å². The van der Waals surface area contributed by atoms with Gasteiger partial charge in [-0.25, -0.2) is 9.79 Å². The Balaban J connectivity index is 1.46. The molecule has 6 heteroatoms. The van der Waals surface area contributed by atoms with Crippen LogP contribution < -0.4 is 4.74 Å². The zero-order chi connectivity index (χ0) is 21.1. The monoisotopic (exact) mass is 573 g/mol. The van der Waals surface area contributed by atoms with Crippen molar-refractivity contribution in [3.8, 4) is 5.75 Å². The number of benzene rings is 3. The number of cyclic esters (lactones) is 1. The second-order valence-electron chi connectivity index (χ2n) is 6.79. The predicted molar refractivity (Wildman–Crippen MR) is 129 cm³/mol. The van der Waals surface area contributed by atoms with Crippen LogP contribution in [-0.4, -0.2) is 11.9 Å². The number of esters is 1. The second-order valence-corrected chi connectivity index (χ2v) is 8.87. The average molecular weight is 574 g/mol. The van der Waals surface area contributed by atoms with Crippen molar-refractivity contribution in [2.24, 2.45) is 4.99 Å². The predicted octanol–water partition coefficient (Wildman–Crippen LogP) is 6.29. The molecule has 1 aliphatic heterocycles. The summed E-state index contributed by atoms with van der Waals surface area (Å²) in [6.07, 6.45) is 1.72. The molecule has 0 saturated carbocycles. The zero-order valence-electron chi connectivity index (χ0n) is 16.1. The highest BCUT2D eigenvalue weighted by Crippen LogP contribution is 2.23. The Hall–Kier alpha value is -2.45. The van der Waals surface area contributed by atoms with Crippen LogP contribution in [0.15, 0.2) is 81.9 Å². The largest absolute Gasteiger partial charge is 0.489 e. The third kappa shape index (κ3) is 4.99. The van der Waals surface area contributed by atoms with E-state index in [1.54, 1.807) is 6.08 Å². The van der Waals surface area contributed by atoms with Gasteiger partial charge in [-0.3, -0.25) is 0 Å². The summed E-state index contributed by atoms with van der Waals surface area (Å²) in [7, 11) is 0. The maximum absolute atomic E-state index is 12.2. The minimum absolute atomic E-state index is 0.281. The first kappa shape index (κ1) is 20.8. The number of hydrogen-bond donors (Lipinski definition) is 0. The first-order valence-electron chi connectivity index (χ1n) is 9.24. The molecule has 4 rings (SSSR count). The molecule has 3 aromatic carbocycles. The third-order valence-corrected chi connectivity index (χ3v) is 6.21. The van der Waals surface area contributed by atoms with Gasteiger partial charge in [-0.05, 0) is 94.7 Å². The molecule has 0 unspecified atom stereocenters. The van der Waals surface area contributed by atoms with Crippen LogP contribution in [0.1, 0.15) is 22.3 Å². The van der Waals surface area contributed by atoms with Crippen LogP contribution in [0.5, 0.6) is 5.75 Å². The number of rotatable bonds is 5. The lowest BCUT2D eigenvalue weighted by atomic mass is 10.1. The van der Waals surface area contributed by atoms with Crippen molar-refractivity contribution in [3.05, 3.63) is 103 Å². The van der Waals surface area contributed by atoms with Crippen molar-refractivity contribution in [2.75, 3.05) is 0 Å². The van der Waals surface area contributed by atoms with E-state index in [1.165, 1.54) is 0 Å². The van der Waals surface area contributed by atoms with Crippen molar-refractivity contribution >= 4 is 56.5 Å². The topological polar surface area (TPSA) is 47.9 Å². The van der Waals surface area contributed by atoms with Crippen LogP contribution in [0.2, 0.25) is 0 Å². The lowest BCUT2D eigenvalue weighted by Crippen LogP contribution is -2.05. The maximum Gasteiger partial charge on any atom is 0.363 e. The Labute approximate surface area is 196 Å². The minimum Gasteiger partial charge on any atom is -0.489 e.